The molecular weight excluding hydrogens is 310 g/mol. The number of aryl methyl sites for hydroxylation is 1. The van der Waals surface area contributed by atoms with Gasteiger partial charge in [-0.15, -0.1) is 11.3 Å². The van der Waals surface area contributed by atoms with Crippen molar-refractivity contribution >= 4 is 23.2 Å². The van der Waals surface area contributed by atoms with Crippen LogP contribution >= 0.6 is 11.3 Å². The summed E-state index contributed by atoms with van der Waals surface area (Å²) in [5.41, 5.74) is 1.12. The van der Waals surface area contributed by atoms with E-state index in [2.05, 4.69) is 4.98 Å². The number of pyridine rings is 1. The molecule has 0 radical (unpaired) electrons. The Hall–Kier alpha value is -2.21. The second-order valence-electron chi connectivity index (χ2n) is 5.51. The average molecular weight is 329 g/mol. The Morgan fingerprint density at radius 2 is 1.74 bits per heavy atom. The zero-order chi connectivity index (χ0) is 16.1. The summed E-state index contributed by atoms with van der Waals surface area (Å²) in [6.45, 7) is 2.45. The van der Waals surface area contributed by atoms with Gasteiger partial charge in [0.2, 0.25) is 5.91 Å². The summed E-state index contributed by atoms with van der Waals surface area (Å²) in [4.78, 5) is 33.0. The highest BCUT2D eigenvalue weighted by Crippen LogP contribution is 2.14. The first-order valence-corrected chi connectivity index (χ1v) is 8.61. The van der Waals surface area contributed by atoms with Crippen molar-refractivity contribution in [1.82, 2.24) is 14.8 Å². The fourth-order valence-electron chi connectivity index (χ4n) is 2.67. The van der Waals surface area contributed by atoms with Crippen LogP contribution in [0.2, 0.25) is 0 Å². The van der Waals surface area contributed by atoms with E-state index in [9.17, 15) is 9.59 Å². The fourth-order valence-corrected chi connectivity index (χ4v) is 3.36. The zero-order valence-electron chi connectivity index (χ0n) is 12.9. The van der Waals surface area contributed by atoms with Crippen LogP contribution in [0, 0.1) is 0 Å². The topological polar surface area (TPSA) is 53.5 Å². The molecular formula is C17H19N3O2S. The van der Waals surface area contributed by atoms with E-state index in [4.69, 9.17) is 0 Å². The van der Waals surface area contributed by atoms with Gasteiger partial charge < -0.3 is 9.80 Å². The minimum absolute atomic E-state index is 0.0730. The molecule has 120 valence electrons. The Morgan fingerprint density at radius 3 is 2.39 bits per heavy atom. The van der Waals surface area contributed by atoms with Gasteiger partial charge in [-0.05, 0) is 35.6 Å². The summed E-state index contributed by atoms with van der Waals surface area (Å²) in [6.07, 6.45) is 4.72. The Labute approximate surface area is 139 Å². The molecule has 0 saturated carbocycles. The first-order valence-electron chi connectivity index (χ1n) is 7.73. The molecule has 0 N–H and O–H groups in total. The van der Waals surface area contributed by atoms with Crippen molar-refractivity contribution in [3.8, 4) is 0 Å². The van der Waals surface area contributed by atoms with Crippen molar-refractivity contribution in [2.24, 2.45) is 0 Å². The summed E-state index contributed by atoms with van der Waals surface area (Å²) in [5.74, 6) is 0.230. The van der Waals surface area contributed by atoms with E-state index in [1.807, 2.05) is 39.4 Å². The van der Waals surface area contributed by atoms with Gasteiger partial charge in [-0.2, -0.15) is 0 Å². The van der Waals surface area contributed by atoms with E-state index in [-0.39, 0.29) is 11.8 Å². The lowest BCUT2D eigenvalue weighted by Gasteiger charge is -2.34. The first-order chi connectivity index (χ1) is 11.2. The van der Waals surface area contributed by atoms with E-state index in [0.717, 1.165) is 16.9 Å². The van der Waals surface area contributed by atoms with Crippen molar-refractivity contribution in [2.45, 2.75) is 12.8 Å². The minimum Gasteiger partial charge on any atom is -0.339 e. The summed E-state index contributed by atoms with van der Waals surface area (Å²) >= 11 is 1.46. The van der Waals surface area contributed by atoms with Crippen LogP contribution in [0.1, 0.15) is 21.7 Å². The average Bonchev–Trinajstić information content (AvgIpc) is 3.15. The number of carbonyl (C=O) groups is 2. The molecule has 0 unspecified atom stereocenters. The van der Waals surface area contributed by atoms with Gasteiger partial charge in [-0.25, -0.2) is 0 Å². The number of aromatic nitrogens is 1. The Kier molecular flexibility index (Phi) is 5.02. The molecule has 2 aromatic rings. The smallest absolute Gasteiger partial charge is 0.264 e. The molecule has 3 heterocycles. The SMILES string of the molecule is O=C(CCc1ccncc1)N1CCN(C(=O)c2cccs2)CC1. The van der Waals surface area contributed by atoms with Gasteiger partial charge >= 0.3 is 0 Å². The van der Waals surface area contributed by atoms with E-state index in [1.165, 1.54) is 11.3 Å². The first kappa shape index (κ1) is 15.7. The molecule has 0 atom stereocenters. The van der Waals surface area contributed by atoms with Crippen LogP contribution < -0.4 is 0 Å². The van der Waals surface area contributed by atoms with Crippen LogP contribution in [-0.4, -0.2) is 52.8 Å². The molecule has 23 heavy (non-hydrogen) atoms. The van der Waals surface area contributed by atoms with Crippen LogP contribution in [0.3, 0.4) is 0 Å². The van der Waals surface area contributed by atoms with Crippen LogP contribution in [-0.2, 0) is 11.2 Å². The van der Waals surface area contributed by atoms with E-state index in [0.29, 0.717) is 32.6 Å². The summed E-state index contributed by atoms with van der Waals surface area (Å²) < 4.78 is 0. The quantitative estimate of drug-likeness (QED) is 0.863. The maximum Gasteiger partial charge on any atom is 0.264 e. The van der Waals surface area contributed by atoms with Gasteiger partial charge in [-0.3, -0.25) is 14.6 Å². The normalized spacial score (nSPS) is 14.8. The van der Waals surface area contributed by atoms with Gasteiger partial charge in [0.15, 0.2) is 0 Å². The molecule has 2 amide bonds. The standard InChI is InChI=1S/C17H19N3O2S/c21-16(4-3-14-5-7-18-8-6-14)19-9-11-20(12-10-19)17(22)15-2-1-13-23-15/h1-2,5-8,13H,3-4,9-12H2. The highest BCUT2D eigenvalue weighted by molar-refractivity contribution is 7.12. The Morgan fingerprint density at radius 1 is 1.04 bits per heavy atom. The van der Waals surface area contributed by atoms with E-state index < -0.39 is 0 Å². The second-order valence-corrected chi connectivity index (χ2v) is 6.45. The molecule has 0 bridgehead atoms. The third-order valence-electron chi connectivity index (χ3n) is 4.03. The number of piperazine rings is 1. The predicted octanol–water partition coefficient (Wildman–Crippen LogP) is 2.06. The highest BCUT2D eigenvalue weighted by Gasteiger charge is 2.24. The third-order valence-corrected chi connectivity index (χ3v) is 4.89. The van der Waals surface area contributed by atoms with Crippen molar-refractivity contribution < 1.29 is 9.59 Å². The molecule has 6 heteroatoms. The summed E-state index contributed by atoms with van der Waals surface area (Å²) in [6, 6.07) is 7.60. The van der Waals surface area contributed by atoms with Crippen LogP contribution in [0.4, 0.5) is 0 Å². The molecule has 1 aliphatic rings. The summed E-state index contributed by atoms with van der Waals surface area (Å²) in [5, 5.41) is 1.91. The summed E-state index contributed by atoms with van der Waals surface area (Å²) in [7, 11) is 0. The number of nitrogens with zero attached hydrogens (tertiary/aromatic N) is 3. The van der Waals surface area contributed by atoms with Gasteiger partial charge in [0.25, 0.3) is 5.91 Å². The van der Waals surface area contributed by atoms with Crippen molar-refractivity contribution in [3.05, 3.63) is 52.5 Å². The predicted molar refractivity (Wildman–Crippen MR) is 89.4 cm³/mol. The molecule has 1 aliphatic heterocycles. The molecule has 1 saturated heterocycles. The van der Waals surface area contributed by atoms with Crippen molar-refractivity contribution in [1.29, 1.82) is 0 Å². The monoisotopic (exact) mass is 329 g/mol. The molecule has 0 aromatic carbocycles. The Bertz CT molecular complexity index is 650. The number of thiophene rings is 1. The third kappa shape index (κ3) is 3.96. The number of hydrogen-bond acceptors (Lipinski definition) is 4. The lowest BCUT2D eigenvalue weighted by molar-refractivity contribution is -0.132. The molecule has 5 nitrogen and oxygen atoms in total. The fraction of sp³-hybridized carbons (Fsp3) is 0.353. The maximum absolute atomic E-state index is 12.3. The molecule has 1 fully saturated rings. The van der Waals surface area contributed by atoms with Gasteiger partial charge in [0, 0.05) is 45.0 Å². The number of carbonyl (C=O) groups excluding carboxylic acids is 2. The molecule has 0 aliphatic carbocycles. The van der Waals surface area contributed by atoms with Crippen LogP contribution in [0.25, 0.3) is 0 Å². The maximum atomic E-state index is 12.3. The molecule has 3 rings (SSSR count). The van der Waals surface area contributed by atoms with E-state index >= 15 is 0 Å². The number of hydrogen-bond donors (Lipinski definition) is 0. The van der Waals surface area contributed by atoms with Crippen LogP contribution in [0.5, 0.6) is 0 Å². The molecule has 0 spiro atoms. The second kappa shape index (κ2) is 7.37. The minimum atomic E-state index is 0.0730. The van der Waals surface area contributed by atoms with Crippen molar-refractivity contribution in [2.75, 3.05) is 26.2 Å². The largest absolute Gasteiger partial charge is 0.339 e. The van der Waals surface area contributed by atoms with Crippen LogP contribution in [0.15, 0.2) is 42.0 Å². The highest BCUT2D eigenvalue weighted by atomic mass is 32.1. The lowest BCUT2D eigenvalue weighted by Crippen LogP contribution is -2.50. The van der Waals surface area contributed by atoms with Gasteiger partial charge in [0.05, 0.1) is 4.88 Å². The van der Waals surface area contributed by atoms with E-state index in [1.54, 1.807) is 12.4 Å². The zero-order valence-corrected chi connectivity index (χ0v) is 13.7. The number of rotatable bonds is 4. The number of amides is 2. The van der Waals surface area contributed by atoms with Gasteiger partial charge in [0.1, 0.15) is 0 Å². The lowest BCUT2D eigenvalue weighted by atomic mass is 10.1. The molecule has 2 aromatic heterocycles. The van der Waals surface area contributed by atoms with Crippen molar-refractivity contribution in [3.63, 3.8) is 0 Å². The Balaban J connectivity index is 1.47. The van der Waals surface area contributed by atoms with Gasteiger partial charge in [-0.1, -0.05) is 6.07 Å².